The Morgan fingerprint density at radius 3 is 1.67 bits per heavy atom. The Kier molecular flexibility index (Phi) is 9.57. The first-order valence-corrected chi connectivity index (χ1v) is 1.94. The quantitative estimate of drug-likeness (QED) is 0.369. The van der Waals surface area contributed by atoms with E-state index in [9.17, 15) is 10.1 Å². The van der Waals surface area contributed by atoms with E-state index in [4.69, 9.17) is 0 Å². The second-order valence-electron chi connectivity index (χ2n) is 2.07. The Labute approximate surface area is 81.2 Å². The minimum Gasteiger partial charge on any atom is -0.358 e. The molecule has 4 heteroatoms. The van der Waals surface area contributed by atoms with Crippen LogP contribution in [-0.4, -0.2) is 10.5 Å². The van der Waals surface area contributed by atoms with E-state index < -0.39 is 10.5 Å². The van der Waals surface area contributed by atoms with Crippen molar-refractivity contribution in [1.29, 1.82) is 0 Å². The van der Waals surface area contributed by atoms with E-state index in [1.54, 1.807) is 0 Å². The molecule has 0 amide bonds. The average molecular weight is 206 g/mol. The van der Waals surface area contributed by atoms with Crippen molar-refractivity contribution in [2.45, 2.75) is 19.4 Å². The van der Waals surface area contributed by atoms with Crippen molar-refractivity contribution in [2.75, 3.05) is 0 Å². The van der Waals surface area contributed by atoms with E-state index >= 15 is 0 Å². The van der Waals surface area contributed by atoms with Gasteiger partial charge in [0.05, 0.1) is 0 Å². The van der Waals surface area contributed by atoms with Crippen LogP contribution >= 0.6 is 0 Å². The van der Waals surface area contributed by atoms with Gasteiger partial charge in [-0.25, -0.2) is 0 Å². The zero-order chi connectivity index (χ0) is 6.08. The van der Waals surface area contributed by atoms with Gasteiger partial charge in [-0.3, -0.25) is 17.0 Å². The summed E-state index contributed by atoms with van der Waals surface area (Å²) in [6.07, 6.45) is 0. The van der Waals surface area contributed by atoms with E-state index in [0.717, 1.165) is 0 Å². The van der Waals surface area contributed by atoms with Crippen molar-refractivity contribution in [3.05, 3.63) is 24.5 Å². The zero-order valence-electron chi connectivity index (χ0n) is 6.05. The molecule has 0 N–H and O–H groups in total. The van der Waals surface area contributed by atoms with E-state index in [1.165, 1.54) is 13.8 Å². The Bertz CT molecular complexity index is 87.4. The largest absolute Gasteiger partial charge is 0.358 e. The number of nitrogens with zero attached hydrogens (tertiary/aromatic N) is 1. The number of nitro groups is 1. The molecule has 0 rings (SSSR count). The standard InChI is InChI=1S/C4H8NO2.CH3.Y/c1-4(2,3)5(6)7;;/h1H2,2-3H3;1H3;/q2*-1;. The first-order chi connectivity index (χ1) is 2.94. The van der Waals surface area contributed by atoms with E-state index in [2.05, 4.69) is 6.92 Å². The topological polar surface area (TPSA) is 43.1 Å². The van der Waals surface area contributed by atoms with Gasteiger partial charge in [0.25, 0.3) is 0 Å². The second-order valence-corrected chi connectivity index (χ2v) is 2.07. The van der Waals surface area contributed by atoms with Gasteiger partial charge < -0.3 is 7.43 Å². The number of hydrogen-bond acceptors (Lipinski definition) is 2. The van der Waals surface area contributed by atoms with Gasteiger partial charge in [-0.05, 0) is 18.8 Å². The zero-order valence-corrected chi connectivity index (χ0v) is 8.89. The maximum Gasteiger partial charge on any atom is 0.102 e. The summed E-state index contributed by atoms with van der Waals surface area (Å²) in [6.45, 7) is 6.17. The predicted molar refractivity (Wildman–Crippen MR) is 32.8 cm³/mol. The SMILES string of the molecule is [CH2-]C(C)(C)[N+](=O)[O-].[CH3-].[Y]. The molecule has 0 aliphatic heterocycles. The van der Waals surface area contributed by atoms with Crippen molar-refractivity contribution in [3.63, 3.8) is 0 Å². The fourth-order valence-corrected chi connectivity index (χ4v) is 0. The molecule has 9 heavy (non-hydrogen) atoms. The molecule has 3 nitrogen and oxygen atoms in total. The molecule has 0 aliphatic carbocycles. The van der Waals surface area contributed by atoms with Crippen molar-refractivity contribution in [3.8, 4) is 0 Å². The molecule has 0 fully saturated rings. The number of hydrogen-bond donors (Lipinski definition) is 0. The van der Waals surface area contributed by atoms with Gasteiger partial charge >= 0.3 is 0 Å². The fraction of sp³-hybridized carbons (Fsp3) is 0.600. The summed E-state index contributed by atoms with van der Waals surface area (Å²) in [5, 5.41) is 9.76. The molecule has 0 heterocycles. The summed E-state index contributed by atoms with van der Waals surface area (Å²) in [4.78, 5) is 9.34. The molecule has 0 aromatic heterocycles. The second kappa shape index (κ2) is 5.30. The van der Waals surface area contributed by atoms with Gasteiger partial charge in [-0.1, -0.05) is 0 Å². The van der Waals surface area contributed by atoms with E-state index in [1.807, 2.05) is 0 Å². The first kappa shape index (κ1) is 16.2. The molecule has 0 spiro atoms. The minimum atomic E-state index is -1.03. The third-order valence-electron chi connectivity index (χ3n) is 0.494. The van der Waals surface area contributed by atoms with Gasteiger partial charge in [0.15, 0.2) is 0 Å². The molecular weight excluding hydrogens is 195 g/mol. The third kappa shape index (κ3) is 8.50. The van der Waals surface area contributed by atoms with Crippen LogP contribution in [0.1, 0.15) is 13.8 Å². The van der Waals surface area contributed by atoms with Crippen molar-refractivity contribution < 1.29 is 37.6 Å². The summed E-state index contributed by atoms with van der Waals surface area (Å²) in [7, 11) is 0. The molecule has 0 bridgehead atoms. The van der Waals surface area contributed by atoms with Crippen molar-refractivity contribution in [2.24, 2.45) is 0 Å². The summed E-state index contributed by atoms with van der Waals surface area (Å²) in [5.74, 6) is 0. The van der Waals surface area contributed by atoms with Crippen molar-refractivity contribution >= 4 is 0 Å². The first-order valence-electron chi connectivity index (χ1n) is 1.94. The smallest absolute Gasteiger partial charge is 0.102 e. The molecule has 0 atom stereocenters. The van der Waals surface area contributed by atoms with Crippen LogP contribution in [0.4, 0.5) is 0 Å². The molecule has 0 unspecified atom stereocenters. The summed E-state index contributed by atoms with van der Waals surface area (Å²) < 4.78 is 0. The Balaban J connectivity index is -0.000000180. The van der Waals surface area contributed by atoms with Gasteiger partial charge in [0.1, 0.15) is 5.54 Å². The maximum atomic E-state index is 9.76. The summed E-state index contributed by atoms with van der Waals surface area (Å²) >= 11 is 0. The van der Waals surface area contributed by atoms with Crippen LogP contribution in [0, 0.1) is 24.5 Å². The Morgan fingerprint density at radius 1 is 1.56 bits per heavy atom. The van der Waals surface area contributed by atoms with Crippen LogP contribution in [0.2, 0.25) is 0 Å². The molecule has 0 saturated heterocycles. The van der Waals surface area contributed by atoms with Gasteiger partial charge in [0, 0.05) is 32.7 Å². The molecule has 0 aliphatic rings. The average Bonchev–Trinajstić information content (AvgIpc) is 1.31. The van der Waals surface area contributed by atoms with Crippen LogP contribution in [-0.2, 0) is 32.7 Å². The monoisotopic (exact) mass is 206 g/mol. The van der Waals surface area contributed by atoms with E-state index in [-0.39, 0.29) is 40.1 Å². The Morgan fingerprint density at radius 2 is 1.67 bits per heavy atom. The van der Waals surface area contributed by atoms with Gasteiger partial charge in [0.2, 0.25) is 0 Å². The van der Waals surface area contributed by atoms with Crippen LogP contribution < -0.4 is 0 Å². The molecule has 0 aromatic rings. The van der Waals surface area contributed by atoms with Crippen LogP contribution in [0.5, 0.6) is 0 Å². The molecular formula is C5H11NO2Y-2. The number of rotatable bonds is 1. The molecule has 1 radical (unpaired) electrons. The summed E-state index contributed by atoms with van der Waals surface area (Å²) in [6, 6.07) is 0. The van der Waals surface area contributed by atoms with Gasteiger partial charge in [-0.15, -0.1) is 0 Å². The molecule has 0 aromatic carbocycles. The predicted octanol–water partition coefficient (Wildman–Crippen LogP) is 1.32. The maximum absolute atomic E-state index is 9.76. The van der Waals surface area contributed by atoms with E-state index in [0.29, 0.717) is 0 Å². The van der Waals surface area contributed by atoms with Crippen molar-refractivity contribution in [1.82, 2.24) is 0 Å². The van der Waals surface area contributed by atoms with Gasteiger partial charge in [-0.2, -0.15) is 0 Å². The minimum absolute atomic E-state index is 0. The third-order valence-corrected chi connectivity index (χ3v) is 0.494. The van der Waals surface area contributed by atoms with Crippen LogP contribution in [0.15, 0.2) is 0 Å². The molecule has 0 saturated carbocycles. The fourth-order valence-electron chi connectivity index (χ4n) is 0. The summed E-state index contributed by atoms with van der Waals surface area (Å²) in [5.41, 5.74) is -1.03. The van der Waals surface area contributed by atoms with Crippen LogP contribution in [0.25, 0.3) is 0 Å². The van der Waals surface area contributed by atoms with Crippen LogP contribution in [0.3, 0.4) is 0 Å². The Hall–Kier alpha value is 0.504. The molecule has 53 valence electrons. The normalized spacial score (nSPS) is 8.78.